The van der Waals surface area contributed by atoms with Gasteiger partial charge in [0.25, 0.3) is 0 Å². The van der Waals surface area contributed by atoms with Crippen molar-refractivity contribution in [1.82, 2.24) is 0 Å². The van der Waals surface area contributed by atoms with E-state index in [1.165, 1.54) is 0 Å². The first-order chi connectivity index (χ1) is 3.34. The van der Waals surface area contributed by atoms with E-state index in [4.69, 9.17) is 10.5 Å². The maximum absolute atomic E-state index is 5.51. The van der Waals surface area contributed by atoms with E-state index in [0.717, 1.165) is 12.8 Å². The fourth-order valence-corrected chi connectivity index (χ4v) is 0.788. The summed E-state index contributed by atoms with van der Waals surface area (Å²) in [6.07, 6.45) is 2.65. The Bertz CT molecular complexity index is 63.1. The maximum Gasteiger partial charge on any atom is 0.0722 e. The molecule has 2 atom stereocenters. The predicted molar refractivity (Wildman–Crippen MR) is 28.0 cm³/mol. The second kappa shape index (κ2) is 1.80. The van der Waals surface area contributed by atoms with Crippen molar-refractivity contribution in [2.75, 3.05) is 7.11 Å². The third-order valence-corrected chi connectivity index (χ3v) is 1.56. The molecule has 2 heteroatoms. The molecule has 7 heavy (non-hydrogen) atoms. The molecule has 1 rings (SSSR count). The monoisotopic (exact) mass is 101 g/mol. The lowest BCUT2D eigenvalue weighted by Crippen LogP contribution is -2.45. The van der Waals surface area contributed by atoms with E-state index >= 15 is 0 Å². The highest BCUT2D eigenvalue weighted by atomic mass is 16.5. The van der Waals surface area contributed by atoms with Crippen LogP contribution in [-0.2, 0) is 4.74 Å². The topological polar surface area (TPSA) is 35.2 Å². The number of hydrogen-bond donors (Lipinski definition) is 1. The molecular formula is C5H11NO. The van der Waals surface area contributed by atoms with Gasteiger partial charge in [0.1, 0.15) is 0 Å². The van der Waals surface area contributed by atoms with E-state index in [0.29, 0.717) is 12.1 Å². The summed E-state index contributed by atoms with van der Waals surface area (Å²) in [5.41, 5.74) is 5.51. The van der Waals surface area contributed by atoms with Crippen molar-refractivity contribution in [2.24, 2.45) is 5.73 Å². The van der Waals surface area contributed by atoms with E-state index in [1.807, 2.05) is 0 Å². The van der Waals surface area contributed by atoms with Crippen LogP contribution in [0.5, 0.6) is 0 Å². The Labute approximate surface area is 43.6 Å². The third-order valence-electron chi connectivity index (χ3n) is 1.56. The largest absolute Gasteiger partial charge is 0.380 e. The zero-order valence-electron chi connectivity index (χ0n) is 4.55. The molecule has 0 radical (unpaired) electrons. The van der Waals surface area contributed by atoms with Crippen molar-refractivity contribution >= 4 is 0 Å². The van der Waals surface area contributed by atoms with Crippen molar-refractivity contribution in [3.05, 3.63) is 0 Å². The van der Waals surface area contributed by atoms with Crippen LogP contribution in [0.4, 0.5) is 0 Å². The summed E-state index contributed by atoms with van der Waals surface area (Å²) in [5.74, 6) is 0. The zero-order chi connectivity index (χ0) is 5.28. The van der Waals surface area contributed by atoms with Crippen LogP contribution >= 0.6 is 0 Å². The van der Waals surface area contributed by atoms with Gasteiger partial charge in [-0.25, -0.2) is 0 Å². The first-order valence-corrected chi connectivity index (χ1v) is 2.63. The Morgan fingerprint density at radius 3 is 2.29 bits per heavy atom. The summed E-state index contributed by atoms with van der Waals surface area (Å²) in [7, 11) is 1.71. The molecule has 0 bridgehead atoms. The number of rotatable bonds is 1. The minimum atomic E-state index is 0.324. The van der Waals surface area contributed by atoms with Gasteiger partial charge in [0, 0.05) is 13.2 Å². The van der Waals surface area contributed by atoms with Gasteiger partial charge >= 0.3 is 0 Å². The quantitative estimate of drug-likeness (QED) is 0.509. The highest BCUT2D eigenvalue weighted by Crippen LogP contribution is 2.19. The van der Waals surface area contributed by atoms with E-state index in [-0.39, 0.29) is 0 Å². The van der Waals surface area contributed by atoms with Crippen LogP contribution in [0.2, 0.25) is 0 Å². The van der Waals surface area contributed by atoms with Crippen molar-refractivity contribution < 1.29 is 4.74 Å². The molecule has 0 aliphatic heterocycles. The number of hydrogen-bond acceptors (Lipinski definition) is 2. The lowest BCUT2D eigenvalue weighted by Gasteiger charge is -2.31. The number of ether oxygens (including phenoxy) is 1. The van der Waals surface area contributed by atoms with Crippen LogP contribution in [0, 0.1) is 0 Å². The standard InChI is InChI=1S/C5H11NO/c1-7-5-3-2-4(5)6/h4-5H,2-3,6H2,1H3/t4-,5?/m0/s1. The van der Waals surface area contributed by atoms with E-state index < -0.39 is 0 Å². The molecule has 2 nitrogen and oxygen atoms in total. The van der Waals surface area contributed by atoms with Gasteiger partial charge < -0.3 is 10.5 Å². The average Bonchev–Trinajstić information content (AvgIpc) is 1.65. The van der Waals surface area contributed by atoms with Crippen molar-refractivity contribution in [2.45, 2.75) is 25.0 Å². The van der Waals surface area contributed by atoms with Crippen LogP contribution in [-0.4, -0.2) is 19.3 Å². The van der Waals surface area contributed by atoms with Crippen LogP contribution in [0.25, 0.3) is 0 Å². The summed E-state index contributed by atoms with van der Waals surface area (Å²) in [6.45, 7) is 0. The van der Waals surface area contributed by atoms with Gasteiger partial charge in [-0.3, -0.25) is 0 Å². The van der Waals surface area contributed by atoms with E-state index in [1.54, 1.807) is 7.11 Å². The fourth-order valence-electron chi connectivity index (χ4n) is 0.788. The second-order valence-corrected chi connectivity index (χ2v) is 2.02. The molecule has 1 fully saturated rings. The average molecular weight is 101 g/mol. The van der Waals surface area contributed by atoms with Gasteiger partial charge in [-0.15, -0.1) is 0 Å². The Kier molecular flexibility index (Phi) is 1.30. The molecule has 0 aromatic carbocycles. The number of methoxy groups -OCH3 is 1. The minimum Gasteiger partial charge on any atom is -0.380 e. The van der Waals surface area contributed by atoms with E-state index in [9.17, 15) is 0 Å². The molecule has 1 aliphatic rings. The molecule has 1 aliphatic carbocycles. The highest BCUT2D eigenvalue weighted by molar-refractivity contribution is 4.83. The summed E-state index contributed by atoms with van der Waals surface area (Å²) in [6, 6.07) is 0.324. The minimum absolute atomic E-state index is 0.324. The van der Waals surface area contributed by atoms with Crippen LogP contribution in [0.3, 0.4) is 0 Å². The van der Waals surface area contributed by atoms with Crippen LogP contribution < -0.4 is 5.73 Å². The van der Waals surface area contributed by atoms with Gasteiger partial charge in [0.2, 0.25) is 0 Å². The van der Waals surface area contributed by atoms with Crippen molar-refractivity contribution in [1.29, 1.82) is 0 Å². The Hall–Kier alpha value is -0.0800. The Morgan fingerprint density at radius 1 is 1.57 bits per heavy atom. The lowest BCUT2D eigenvalue weighted by atomic mass is 9.90. The van der Waals surface area contributed by atoms with Gasteiger partial charge in [-0.2, -0.15) is 0 Å². The van der Waals surface area contributed by atoms with Crippen molar-refractivity contribution in [3.8, 4) is 0 Å². The van der Waals surface area contributed by atoms with Gasteiger partial charge in [-0.1, -0.05) is 0 Å². The smallest absolute Gasteiger partial charge is 0.0722 e. The van der Waals surface area contributed by atoms with Gasteiger partial charge in [0.05, 0.1) is 6.10 Å². The molecule has 0 aromatic rings. The van der Waals surface area contributed by atoms with Crippen LogP contribution in [0.1, 0.15) is 12.8 Å². The fraction of sp³-hybridized carbons (Fsp3) is 1.00. The molecule has 2 N–H and O–H groups in total. The SMILES string of the molecule is COC1CC[C@@H]1N. The molecule has 42 valence electrons. The summed E-state index contributed by atoms with van der Waals surface area (Å²) < 4.78 is 4.97. The molecule has 0 heterocycles. The normalized spacial score (nSPS) is 40.3. The molecule has 0 spiro atoms. The first-order valence-electron chi connectivity index (χ1n) is 2.63. The number of nitrogens with two attached hydrogens (primary N) is 1. The molecular weight excluding hydrogens is 90.1 g/mol. The Balaban J connectivity index is 2.16. The first kappa shape index (κ1) is 5.06. The summed E-state index contributed by atoms with van der Waals surface area (Å²) in [4.78, 5) is 0. The molecule has 1 saturated carbocycles. The lowest BCUT2D eigenvalue weighted by molar-refractivity contribution is 0.0213. The van der Waals surface area contributed by atoms with E-state index in [2.05, 4.69) is 0 Å². The zero-order valence-corrected chi connectivity index (χ0v) is 4.55. The van der Waals surface area contributed by atoms with Crippen molar-refractivity contribution in [3.63, 3.8) is 0 Å². The Morgan fingerprint density at radius 2 is 2.29 bits per heavy atom. The second-order valence-electron chi connectivity index (χ2n) is 2.02. The molecule has 1 unspecified atom stereocenters. The van der Waals surface area contributed by atoms with Crippen LogP contribution in [0.15, 0.2) is 0 Å². The predicted octanol–water partition coefficient (Wildman–Crippen LogP) is 0.123. The molecule has 0 saturated heterocycles. The molecule has 0 aromatic heterocycles. The van der Waals surface area contributed by atoms with Gasteiger partial charge in [0.15, 0.2) is 0 Å². The summed E-state index contributed by atoms with van der Waals surface area (Å²) in [5, 5.41) is 0. The van der Waals surface area contributed by atoms with Gasteiger partial charge in [-0.05, 0) is 12.8 Å². The third kappa shape index (κ3) is 0.763. The highest BCUT2D eigenvalue weighted by Gasteiger charge is 2.26. The summed E-state index contributed by atoms with van der Waals surface area (Å²) >= 11 is 0. The maximum atomic E-state index is 5.51. The molecule has 0 amide bonds.